The van der Waals surface area contributed by atoms with Crippen LogP contribution in [0, 0.1) is 0 Å². The van der Waals surface area contributed by atoms with Gasteiger partial charge in [-0.25, -0.2) is 4.79 Å². The van der Waals surface area contributed by atoms with E-state index in [-0.39, 0.29) is 18.1 Å². The molecule has 2 N–H and O–H groups in total. The van der Waals surface area contributed by atoms with Crippen molar-refractivity contribution in [1.29, 1.82) is 0 Å². The molecule has 3 atom stereocenters. The maximum absolute atomic E-state index is 12.5. The molecule has 5 nitrogen and oxygen atoms in total. The summed E-state index contributed by atoms with van der Waals surface area (Å²) in [5.74, 6) is 0. The first kappa shape index (κ1) is 16.3. The van der Waals surface area contributed by atoms with E-state index in [2.05, 4.69) is 12.2 Å². The average molecular weight is 312 g/mol. The van der Waals surface area contributed by atoms with Crippen LogP contribution >= 0.6 is 11.3 Å². The number of carbonyl (C=O) groups excluding carboxylic acids is 1. The number of aliphatic hydroxyl groups is 1. The van der Waals surface area contributed by atoms with Crippen molar-refractivity contribution in [3.63, 3.8) is 0 Å². The van der Waals surface area contributed by atoms with Gasteiger partial charge in [-0.3, -0.25) is 0 Å². The third kappa shape index (κ3) is 4.43. The monoisotopic (exact) mass is 312 g/mol. The molecular formula is C15H24N2O3S. The van der Waals surface area contributed by atoms with Crippen molar-refractivity contribution in [1.82, 2.24) is 10.2 Å². The zero-order chi connectivity index (χ0) is 15.2. The van der Waals surface area contributed by atoms with Crippen LogP contribution in [0.15, 0.2) is 17.5 Å². The molecule has 2 heterocycles. The Balaban J connectivity index is 1.99. The molecule has 0 aliphatic carbocycles. The van der Waals surface area contributed by atoms with Crippen LogP contribution in [-0.2, 0) is 4.74 Å². The molecular weight excluding hydrogens is 288 g/mol. The Morgan fingerprint density at radius 1 is 1.67 bits per heavy atom. The number of nitrogens with one attached hydrogen (secondary N) is 1. The molecule has 1 fully saturated rings. The maximum atomic E-state index is 12.5. The van der Waals surface area contributed by atoms with E-state index < -0.39 is 6.10 Å². The molecule has 2 amide bonds. The van der Waals surface area contributed by atoms with Gasteiger partial charge < -0.3 is 20.1 Å². The highest BCUT2D eigenvalue weighted by molar-refractivity contribution is 7.10. The molecule has 1 aliphatic heterocycles. The summed E-state index contributed by atoms with van der Waals surface area (Å²) < 4.78 is 5.44. The number of nitrogens with zero attached hydrogens (tertiary/aromatic N) is 1. The van der Waals surface area contributed by atoms with Crippen molar-refractivity contribution in [2.45, 2.75) is 44.9 Å². The first-order chi connectivity index (χ1) is 10.1. The summed E-state index contributed by atoms with van der Waals surface area (Å²) in [6.07, 6.45) is 0.965. The molecule has 0 saturated carbocycles. The summed E-state index contributed by atoms with van der Waals surface area (Å²) in [5.41, 5.74) is 0. The lowest BCUT2D eigenvalue weighted by molar-refractivity contribution is -0.00484. The normalized spacial score (nSPS) is 21.9. The van der Waals surface area contributed by atoms with E-state index in [4.69, 9.17) is 4.74 Å². The molecule has 118 valence electrons. The molecule has 0 unspecified atom stereocenters. The minimum absolute atomic E-state index is 0.0487. The first-order valence-corrected chi connectivity index (χ1v) is 8.36. The van der Waals surface area contributed by atoms with E-state index in [9.17, 15) is 9.90 Å². The van der Waals surface area contributed by atoms with Gasteiger partial charge >= 0.3 is 6.03 Å². The molecule has 2 rings (SSSR count). The molecule has 1 aliphatic rings. The number of hydrogen-bond donors (Lipinski definition) is 2. The lowest BCUT2D eigenvalue weighted by Crippen LogP contribution is -2.53. The zero-order valence-corrected chi connectivity index (χ0v) is 13.4. The van der Waals surface area contributed by atoms with Gasteiger partial charge in [-0.1, -0.05) is 13.0 Å². The van der Waals surface area contributed by atoms with Gasteiger partial charge in [0.15, 0.2) is 0 Å². The number of rotatable bonds is 5. The third-order valence-corrected chi connectivity index (χ3v) is 4.68. The van der Waals surface area contributed by atoms with Crippen LogP contribution in [0.2, 0.25) is 0 Å². The molecule has 0 spiro atoms. The van der Waals surface area contributed by atoms with Crippen LogP contribution in [-0.4, -0.2) is 47.9 Å². The van der Waals surface area contributed by atoms with E-state index >= 15 is 0 Å². The standard InChI is InChI=1S/C15H24N2O3S/c1-3-13(14-5-4-8-21-14)16-15(19)17-6-7-20-10-12(17)9-11(2)18/h4-5,8,11-13,18H,3,6-7,9-10H2,1-2H3,(H,16,19)/t11-,12-,13-/m0/s1. The number of carbonyl (C=O) groups is 1. The number of thiophene rings is 1. The van der Waals surface area contributed by atoms with E-state index in [1.807, 2.05) is 17.5 Å². The molecule has 1 saturated heterocycles. The molecule has 6 heteroatoms. The number of urea groups is 1. The van der Waals surface area contributed by atoms with Crippen molar-refractivity contribution in [3.8, 4) is 0 Å². The summed E-state index contributed by atoms with van der Waals surface area (Å²) >= 11 is 1.66. The number of morpholine rings is 1. The number of aliphatic hydroxyl groups excluding tert-OH is 1. The fraction of sp³-hybridized carbons (Fsp3) is 0.667. The Labute approximate surface area is 129 Å². The molecule has 1 aromatic rings. The van der Waals surface area contributed by atoms with Crippen molar-refractivity contribution in [2.75, 3.05) is 19.8 Å². The maximum Gasteiger partial charge on any atom is 0.318 e. The molecule has 1 aromatic heterocycles. The van der Waals surface area contributed by atoms with Crippen molar-refractivity contribution >= 4 is 17.4 Å². The van der Waals surface area contributed by atoms with Crippen LogP contribution in [0.5, 0.6) is 0 Å². The summed E-state index contributed by atoms with van der Waals surface area (Å²) in [6, 6.07) is 3.97. The van der Waals surface area contributed by atoms with Gasteiger partial charge in [0, 0.05) is 11.4 Å². The Morgan fingerprint density at radius 2 is 2.48 bits per heavy atom. The summed E-state index contributed by atoms with van der Waals surface area (Å²) in [6.45, 7) is 5.43. The second-order valence-electron chi connectivity index (χ2n) is 5.43. The minimum Gasteiger partial charge on any atom is -0.393 e. The van der Waals surface area contributed by atoms with Crippen LogP contribution in [0.3, 0.4) is 0 Å². The highest BCUT2D eigenvalue weighted by Crippen LogP contribution is 2.22. The number of amides is 2. The van der Waals surface area contributed by atoms with E-state index in [0.717, 1.165) is 6.42 Å². The van der Waals surface area contributed by atoms with E-state index in [0.29, 0.717) is 26.2 Å². The minimum atomic E-state index is -0.439. The Hall–Kier alpha value is -1.11. The predicted octanol–water partition coefficient (Wildman–Crippen LogP) is 2.38. The topological polar surface area (TPSA) is 61.8 Å². The van der Waals surface area contributed by atoms with E-state index in [1.54, 1.807) is 23.2 Å². The molecule has 21 heavy (non-hydrogen) atoms. The summed E-state index contributed by atoms with van der Waals surface area (Å²) in [7, 11) is 0. The van der Waals surface area contributed by atoms with Crippen LogP contribution in [0.25, 0.3) is 0 Å². The highest BCUT2D eigenvalue weighted by atomic mass is 32.1. The van der Waals surface area contributed by atoms with Crippen molar-refractivity contribution in [3.05, 3.63) is 22.4 Å². The highest BCUT2D eigenvalue weighted by Gasteiger charge is 2.29. The van der Waals surface area contributed by atoms with E-state index in [1.165, 1.54) is 4.88 Å². The Morgan fingerprint density at radius 3 is 3.10 bits per heavy atom. The summed E-state index contributed by atoms with van der Waals surface area (Å²) in [5, 5.41) is 14.7. The predicted molar refractivity (Wildman–Crippen MR) is 83.5 cm³/mol. The quantitative estimate of drug-likeness (QED) is 0.877. The largest absolute Gasteiger partial charge is 0.393 e. The van der Waals surface area contributed by atoms with Gasteiger partial charge in [0.05, 0.1) is 31.4 Å². The smallest absolute Gasteiger partial charge is 0.318 e. The summed E-state index contributed by atoms with van der Waals surface area (Å²) in [4.78, 5) is 15.5. The number of ether oxygens (including phenoxy) is 1. The second-order valence-corrected chi connectivity index (χ2v) is 6.41. The molecule has 0 aromatic carbocycles. The zero-order valence-electron chi connectivity index (χ0n) is 12.6. The van der Waals surface area contributed by atoms with Crippen molar-refractivity contribution in [2.24, 2.45) is 0 Å². The molecule has 0 bridgehead atoms. The lowest BCUT2D eigenvalue weighted by Gasteiger charge is -2.37. The van der Waals surface area contributed by atoms with Crippen LogP contribution in [0.4, 0.5) is 4.79 Å². The van der Waals surface area contributed by atoms with Gasteiger partial charge in [0.2, 0.25) is 0 Å². The Kier molecular flexibility index (Phi) is 6.02. The van der Waals surface area contributed by atoms with Crippen LogP contribution in [0.1, 0.15) is 37.6 Å². The lowest BCUT2D eigenvalue weighted by atomic mass is 10.1. The first-order valence-electron chi connectivity index (χ1n) is 7.48. The fourth-order valence-electron chi connectivity index (χ4n) is 2.61. The van der Waals surface area contributed by atoms with Crippen LogP contribution < -0.4 is 5.32 Å². The van der Waals surface area contributed by atoms with Gasteiger partial charge in [-0.2, -0.15) is 0 Å². The Bertz CT molecular complexity index is 436. The second kappa shape index (κ2) is 7.77. The third-order valence-electron chi connectivity index (χ3n) is 3.69. The van der Waals surface area contributed by atoms with Gasteiger partial charge in [-0.05, 0) is 31.2 Å². The SMILES string of the molecule is CC[C@H](NC(=O)N1CCOC[C@@H]1C[C@H](C)O)c1cccs1. The fourth-order valence-corrected chi connectivity index (χ4v) is 3.47. The average Bonchev–Trinajstić information content (AvgIpc) is 2.98. The van der Waals surface area contributed by atoms with Crippen molar-refractivity contribution < 1.29 is 14.6 Å². The van der Waals surface area contributed by atoms with Gasteiger partial charge in [0.25, 0.3) is 0 Å². The molecule has 0 radical (unpaired) electrons. The van der Waals surface area contributed by atoms with Gasteiger partial charge in [0.1, 0.15) is 0 Å². The number of hydrogen-bond acceptors (Lipinski definition) is 4. The van der Waals surface area contributed by atoms with Gasteiger partial charge in [-0.15, -0.1) is 11.3 Å².